The van der Waals surface area contributed by atoms with Gasteiger partial charge in [0, 0.05) is 18.3 Å². The van der Waals surface area contributed by atoms with E-state index in [0.717, 1.165) is 18.0 Å². The van der Waals surface area contributed by atoms with Crippen molar-refractivity contribution in [3.8, 4) is 11.5 Å². The lowest BCUT2D eigenvalue weighted by Crippen LogP contribution is -2.28. The molecule has 0 N–H and O–H groups in total. The number of para-hydroxylation sites is 1. The van der Waals surface area contributed by atoms with E-state index in [9.17, 15) is 4.79 Å². The van der Waals surface area contributed by atoms with Crippen LogP contribution in [0.15, 0.2) is 54.6 Å². The van der Waals surface area contributed by atoms with Gasteiger partial charge in [0.1, 0.15) is 18.1 Å². The molecule has 0 spiro atoms. The standard InChI is InChI=1S/C18H21NO4/c1-3-19(15-8-7-11-17(14-15)21-2)12-13-22-18(20)23-16-9-5-4-6-10-16/h4-11,14H,3,12-13H2,1-2H3. The lowest BCUT2D eigenvalue weighted by molar-refractivity contribution is 0.101. The third-order valence-electron chi connectivity index (χ3n) is 3.33. The largest absolute Gasteiger partial charge is 0.513 e. The van der Waals surface area contributed by atoms with Crippen molar-refractivity contribution in [2.24, 2.45) is 0 Å². The second kappa shape index (κ2) is 8.68. The van der Waals surface area contributed by atoms with E-state index in [1.54, 1.807) is 31.4 Å². The average Bonchev–Trinajstić information content (AvgIpc) is 2.59. The van der Waals surface area contributed by atoms with Crippen LogP contribution in [0.25, 0.3) is 0 Å². The summed E-state index contributed by atoms with van der Waals surface area (Å²) in [5.41, 5.74) is 1.02. The number of rotatable bonds is 7. The van der Waals surface area contributed by atoms with Crippen molar-refractivity contribution in [2.45, 2.75) is 6.92 Å². The number of ether oxygens (including phenoxy) is 3. The van der Waals surface area contributed by atoms with Gasteiger partial charge in [-0.3, -0.25) is 0 Å². The first-order valence-electron chi connectivity index (χ1n) is 7.51. The molecule has 0 atom stereocenters. The summed E-state index contributed by atoms with van der Waals surface area (Å²) < 4.78 is 15.4. The Balaban J connectivity index is 1.82. The minimum Gasteiger partial charge on any atom is -0.497 e. The van der Waals surface area contributed by atoms with E-state index in [0.29, 0.717) is 12.3 Å². The molecule has 5 nitrogen and oxygen atoms in total. The van der Waals surface area contributed by atoms with E-state index in [4.69, 9.17) is 14.2 Å². The van der Waals surface area contributed by atoms with Gasteiger partial charge in [-0.2, -0.15) is 0 Å². The Morgan fingerprint density at radius 1 is 1.04 bits per heavy atom. The van der Waals surface area contributed by atoms with Crippen LogP contribution in [0, 0.1) is 0 Å². The summed E-state index contributed by atoms with van der Waals surface area (Å²) in [4.78, 5) is 13.7. The number of nitrogens with zero attached hydrogens (tertiary/aromatic N) is 1. The van der Waals surface area contributed by atoms with Crippen LogP contribution < -0.4 is 14.4 Å². The van der Waals surface area contributed by atoms with Gasteiger partial charge in [0.2, 0.25) is 0 Å². The minimum absolute atomic E-state index is 0.247. The zero-order valence-electron chi connectivity index (χ0n) is 13.4. The quantitative estimate of drug-likeness (QED) is 0.575. The van der Waals surface area contributed by atoms with Gasteiger partial charge in [-0.15, -0.1) is 0 Å². The number of carbonyl (C=O) groups excluding carboxylic acids is 1. The highest BCUT2D eigenvalue weighted by atomic mass is 16.7. The highest BCUT2D eigenvalue weighted by Crippen LogP contribution is 2.20. The van der Waals surface area contributed by atoms with Gasteiger partial charge in [-0.05, 0) is 31.2 Å². The second-order valence-electron chi connectivity index (χ2n) is 4.79. The SMILES string of the molecule is CCN(CCOC(=O)Oc1ccccc1)c1cccc(OC)c1. The van der Waals surface area contributed by atoms with Crippen LogP contribution in [0.5, 0.6) is 11.5 Å². The molecule has 122 valence electrons. The monoisotopic (exact) mass is 315 g/mol. The maximum Gasteiger partial charge on any atom is 0.513 e. The molecule has 0 saturated heterocycles. The molecule has 0 saturated carbocycles. The van der Waals surface area contributed by atoms with Gasteiger partial charge in [-0.25, -0.2) is 4.79 Å². The molecule has 0 unspecified atom stereocenters. The summed E-state index contributed by atoms with van der Waals surface area (Å²) >= 11 is 0. The number of methoxy groups -OCH3 is 1. The molecule has 0 fully saturated rings. The lowest BCUT2D eigenvalue weighted by atomic mass is 10.2. The first-order valence-corrected chi connectivity index (χ1v) is 7.51. The molecule has 0 radical (unpaired) electrons. The fourth-order valence-electron chi connectivity index (χ4n) is 2.13. The van der Waals surface area contributed by atoms with Gasteiger partial charge >= 0.3 is 6.16 Å². The minimum atomic E-state index is -0.696. The smallest absolute Gasteiger partial charge is 0.497 e. The molecular formula is C18H21NO4. The third kappa shape index (κ3) is 5.21. The van der Waals surface area contributed by atoms with Gasteiger partial charge in [0.05, 0.1) is 13.7 Å². The fourth-order valence-corrected chi connectivity index (χ4v) is 2.13. The predicted octanol–water partition coefficient (Wildman–Crippen LogP) is 3.74. The van der Waals surface area contributed by atoms with Crippen molar-refractivity contribution in [3.63, 3.8) is 0 Å². The number of anilines is 1. The molecule has 0 aromatic heterocycles. The zero-order valence-corrected chi connectivity index (χ0v) is 13.4. The molecule has 0 bridgehead atoms. The number of benzene rings is 2. The first kappa shape index (κ1) is 16.7. The number of hydrogen-bond acceptors (Lipinski definition) is 5. The van der Waals surface area contributed by atoms with E-state index in [-0.39, 0.29) is 6.61 Å². The van der Waals surface area contributed by atoms with Gasteiger partial charge in [-0.1, -0.05) is 24.3 Å². The molecule has 23 heavy (non-hydrogen) atoms. The maximum atomic E-state index is 11.6. The molecule has 5 heteroatoms. The summed E-state index contributed by atoms with van der Waals surface area (Å²) in [6, 6.07) is 16.6. The average molecular weight is 315 g/mol. The van der Waals surface area contributed by atoms with Crippen molar-refractivity contribution in [3.05, 3.63) is 54.6 Å². The van der Waals surface area contributed by atoms with E-state index in [1.807, 2.05) is 37.3 Å². The van der Waals surface area contributed by atoms with Crippen LogP contribution >= 0.6 is 0 Å². The third-order valence-corrected chi connectivity index (χ3v) is 3.33. The van der Waals surface area contributed by atoms with Crippen molar-refractivity contribution < 1.29 is 19.0 Å². The summed E-state index contributed by atoms with van der Waals surface area (Å²) in [5, 5.41) is 0. The highest BCUT2D eigenvalue weighted by molar-refractivity contribution is 5.63. The van der Waals surface area contributed by atoms with Crippen LogP contribution in [0.3, 0.4) is 0 Å². The van der Waals surface area contributed by atoms with Gasteiger partial charge in [0.15, 0.2) is 0 Å². The number of carbonyl (C=O) groups is 1. The molecule has 2 aromatic carbocycles. The predicted molar refractivity (Wildman–Crippen MR) is 89.3 cm³/mol. The zero-order chi connectivity index (χ0) is 16.5. The van der Waals surface area contributed by atoms with Crippen LogP contribution in [0.2, 0.25) is 0 Å². The number of hydrogen-bond donors (Lipinski definition) is 0. The molecule has 0 heterocycles. The summed E-state index contributed by atoms with van der Waals surface area (Å²) in [5.74, 6) is 1.27. The highest BCUT2D eigenvalue weighted by Gasteiger charge is 2.09. The van der Waals surface area contributed by atoms with Crippen LogP contribution in [0.4, 0.5) is 10.5 Å². The molecule has 0 aliphatic rings. The Kier molecular flexibility index (Phi) is 6.29. The van der Waals surface area contributed by atoms with Gasteiger partial charge < -0.3 is 19.1 Å². The van der Waals surface area contributed by atoms with Crippen molar-refractivity contribution in [1.29, 1.82) is 0 Å². The molecule has 0 aliphatic heterocycles. The van der Waals surface area contributed by atoms with Gasteiger partial charge in [0.25, 0.3) is 0 Å². The van der Waals surface area contributed by atoms with E-state index in [2.05, 4.69) is 4.90 Å². The Hall–Kier alpha value is -2.69. The van der Waals surface area contributed by atoms with Crippen molar-refractivity contribution in [1.82, 2.24) is 0 Å². The Labute approximate surface area is 136 Å². The van der Waals surface area contributed by atoms with Crippen LogP contribution in [-0.2, 0) is 4.74 Å². The van der Waals surface area contributed by atoms with E-state index >= 15 is 0 Å². The topological polar surface area (TPSA) is 48.0 Å². The second-order valence-corrected chi connectivity index (χ2v) is 4.79. The fraction of sp³-hybridized carbons (Fsp3) is 0.278. The van der Waals surface area contributed by atoms with E-state index in [1.165, 1.54) is 0 Å². The van der Waals surface area contributed by atoms with Crippen molar-refractivity contribution >= 4 is 11.8 Å². The molecular weight excluding hydrogens is 294 g/mol. The molecule has 0 aliphatic carbocycles. The normalized spacial score (nSPS) is 10.0. The first-order chi connectivity index (χ1) is 11.2. The molecule has 0 amide bonds. The number of likely N-dealkylation sites (N-methyl/N-ethyl adjacent to an activating group) is 1. The van der Waals surface area contributed by atoms with Crippen LogP contribution in [-0.4, -0.2) is 33.0 Å². The van der Waals surface area contributed by atoms with Crippen molar-refractivity contribution in [2.75, 3.05) is 31.7 Å². The Morgan fingerprint density at radius 2 is 1.78 bits per heavy atom. The summed E-state index contributed by atoms with van der Waals surface area (Å²) in [6.45, 7) is 3.66. The summed E-state index contributed by atoms with van der Waals surface area (Å²) in [7, 11) is 1.64. The molecule has 2 rings (SSSR count). The van der Waals surface area contributed by atoms with Crippen LogP contribution in [0.1, 0.15) is 6.92 Å². The Morgan fingerprint density at radius 3 is 2.48 bits per heavy atom. The maximum absolute atomic E-state index is 11.6. The summed E-state index contributed by atoms with van der Waals surface area (Å²) in [6.07, 6.45) is -0.696. The van der Waals surface area contributed by atoms with E-state index < -0.39 is 6.16 Å². The molecule has 2 aromatic rings. The lowest BCUT2D eigenvalue weighted by Gasteiger charge is -2.23. The Bertz CT molecular complexity index is 615.